The van der Waals surface area contributed by atoms with Crippen molar-refractivity contribution >= 4 is 23.3 Å². The molecule has 2 amide bonds. The number of methoxy groups -OCH3 is 1. The van der Waals surface area contributed by atoms with Crippen LogP contribution in [0.3, 0.4) is 0 Å². The number of carbonyl (C=O) groups excluding carboxylic acids is 2. The Morgan fingerprint density at radius 2 is 2.09 bits per heavy atom. The van der Waals surface area contributed by atoms with E-state index in [1.165, 1.54) is 24.1 Å². The molecular weight excluding hydrogens is 288 g/mol. The number of nitrogens with one attached hydrogen (secondary N) is 1. The van der Waals surface area contributed by atoms with Crippen molar-refractivity contribution in [3.8, 4) is 5.88 Å². The van der Waals surface area contributed by atoms with Gasteiger partial charge in [-0.05, 0) is 13.0 Å². The summed E-state index contributed by atoms with van der Waals surface area (Å²) in [6.07, 6.45) is 1.37. The average molecular weight is 304 g/mol. The van der Waals surface area contributed by atoms with Gasteiger partial charge in [-0.25, -0.2) is 4.98 Å². The standard InChI is InChI=1S/C13H16N6O3/c1-6-9(10(15)20)11(19(2)18-6)17-12(21)8-4-7(14)5-16-13(8)22-3/h4-5H,14H2,1-3H3,(H2,15,20)(H,17,21). The summed E-state index contributed by atoms with van der Waals surface area (Å²) in [5.74, 6) is -0.911. The summed E-state index contributed by atoms with van der Waals surface area (Å²) >= 11 is 0. The number of rotatable bonds is 4. The number of nitrogens with zero attached hydrogens (tertiary/aromatic N) is 3. The first-order valence-electron chi connectivity index (χ1n) is 6.29. The summed E-state index contributed by atoms with van der Waals surface area (Å²) in [6, 6.07) is 1.42. The van der Waals surface area contributed by atoms with E-state index in [0.717, 1.165) is 0 Å². The number of pyridine rings is 1. The Bertz CT molecular complexity index is 752. The highest BCUT2D eigenvalue weighted by Crippen LogP contribution is 2.22. The lowest BCUT2D eigenvalue weighted by molar-refractivity contribution is 0.100. The summed E-state index contributed by atoms with van der Waals surface area (Å²) in [5.41, 5.74) is 12.0. The maximum atomic E-state index is 12.4. The van der Waals surface area contributed by atoms with Gasteiger partial charge < -0.3 is 21.5 Å². The van der Waals surface area contributed by atoms with Crippen LogP contribution in [0, 0.1) is 6.92 Å². The van der Waals surface area contributed by atoms with Crippen molar-refractivity contribution in [3.63, 3.8) is 0 Å². The Morgan fingerprint density at radius 1 is 1.41 bits per heavy atom. The minimum absolute atomic E-state index is 0.117. The molecule has 0 aromatic carbocycles. The normalized spacial score (nSPS) is 10.3. The molecule has 0 unspecified atom stereocenters. The lowest BCUT2D eigenvalue weighted by Crippen LogP contribution is -2.20. The fourth-order valence-electron chi connectivity index (χ4n) is 2.07. The van der Waals surface area contributed by atoms with Gasteiger partial charge in [0, 0.05) is 7.05 Å². The van der Waals surface area contributed by atoms with Gasteiger partial charge in [-0.3, -0.25) is 14.3 Å². The molecule has 0 radical (unpaired) electrons. The van der Waals surface area contributed by atoms with Gasteiger partial charge in [-0.2, -0.15) is 5.10 Å². The predicted molar refractivity (Wildman–Crippen MR) is 79.6 cm³/mol. The molecule has 116 valence electrons. The van der Waals surface area contributed by atoms with E-state index >= 15 is 0 Å². The van der Waals surface area contributed by atoms with Crippen LogP contribution in [0.2, 0.25) is 0 Å². The molecule has 5 N–H and O–H groups in total. The molecule has 2 aromatic rings. The van der Waals surface area contributed by atoms with Gasteiger partial charge in [-0.15, -0.1) is 0 Å². The maximum Gasteiger partial charge on any atom is 0.262 e. The molecule has 0 fully saturated rings. The number of carbonyl (C=O) groups is 2. The number of hydrogen-bond donors (Lipinski definition) is 3. The number of ether oxygens (including phenoxy) is 1. The van der Waals surface area contributed by atoms with Crippen molar-refractivity contribution in [3.05, 3.63) is 29.1 Å². The van der Waals surface area contributed by atoms with Crippen molar-refractivity contribution < 1.29 is 14.3 Å². The van der Waals surface area contributed by atoms with E-state index in [1.54, 1.807) is 14.0 Å². The zero-order valence-electron chi connectivity index (χ0n) is 12.4. The molecular formula is C13H16N6O3. The van der Waals surface area contributed by atoms with Gasteiger partial charge in [0.1, 0.15) is 16.9 Å². The Morgan fingerprint density at radius 3 is 2.68 bits per heavy atom. The van der Waals surface area contributed by atoms with Gasteiger partial charge in [0.15, 0.2) is 0 Å². The van der Waals surface area contributed by atoms with Gasteiger partial charge in [0.05, 0.1) is 24.7 Å². The largest absolute Gasteiger partial charge is 0.480 e. The minimum Gasteiger partial charge on any atom is -0.480 e. The van der Waals surface area contributed by atoms with E-state index in [0.29, 0.717) is 11.4 Å². The second-order valence-corrected chi connectivity index (χ2v) is 4.58. The summed E-state index contributed by atoms with van der Waals surface area (Å²) in [7, 11) is 2.97. The molecule has 0 aliphatic rings. The molecule has 0 spiro atoms. The van der Waals surface area contributed by atoms with Crippen molar-refractivity contribution in [1.29, 1.82) is 0 Å². The molecule has 0 saturated carbocycles. The predicted octanol–water partition coefficient (Wildman–Crippen LogP) is 0.0655. The summed E-state index contributed by atoms with van der Waals surface area (Å²) < 4.78 is 6.39. The number of hydrogen-bond acceptors (Lipinski definition) is 6. The zero-order chi connectivity index (χ0) is 16.4. The Labute approximate surface area is 126 Å². The Kier molecular flexibility index (Phi) is 3.97. The second-order valence-electron chi connectivity index (χ2n) is 4.58. The summed E-state index contributed by atoms with van der Waals surface area (Å²) in [4.78, 5) is 27.8. The van der Waals surface area contributed by atoms with Gasteiger partial charge in [0.25, 0.3) is 11.8 Å². The number of anilines is 2. The maximum absolute atomic E-state index is 12.4. The van der Waals surface area contributed by atoms with E-state index in [9.17, 15) is 9.59 Å². The molecule has 9 nitrogen and oxygen atoms in total. The van der Waals surface area contributed by atoms with Gasteiger partial charge in [-0.1, -0.05) is 0 Å². The molecule has 0 atom stereocenters. The fraction of sp³-hybridized carbons (Fsp3) is 0.231. The monoisotopic (exact) mass is 304 g/mol. The third kappa shape index (κ3) is 2.68. The zero-order valence-corrected chi connectivity index (χ0v) is 12.4. The van der Waals surface area contributed by atoms with E-state index in [2.05, 4.69) is 15.4 Å². The molecule has 2 aromatic heterocycles. The molecule has 0 saturated heterocycles. The Hall–Kier alpha value is -3.10. The molecule has 2 heterocycles. The smallest absolute Gasteiger partial charge is 0.262 e. The average Bonchev–Trinajstić information content (AvgIpc) is 2.73. The first kappa shape index (κ1) is 15.3. The molecule has 0 bridgehead atoms. The highest BCUT2D eigenvalue weighted by molar-refractivity contribution is 6.09. The molecule has 0 aliphatic carbocycles. The first-order valence-corrected chi connectivity index (χ1v) is 6.29. The number of nitrogen functional groups attached to an aromatic ring is 1. The number of nitrogens with two attached hydrogens (primary N) is 2. The highest BCUT2D eigenvalue weighted by atomic mass is 16.5. The van der Waals surface area contributed by atoms with Crippen molar-refractivity contribution in [2.45, 2.75) is 6.92 Å². The van der Waals surface area contributed by atoms with Crippen LogP contribution in [-0.4, -0.2) is 33.7 Å². The summed E-state index contributed by atoms with van der Waals surface area (Å²) in [5, 5.41) is 6.65. The number of aromatic nitrogens is 3. The molecule has 2 rings (SSSR count). The van der Waals surface area contributed by atoms with E-state index in [4.69, 9.17) is 16.2 Å². The first-order chi connectivity index (χ1) is 10.3. The highest BCUT2D eigenvalue weighted by Gasteiger charge is 2.22. The molecule has 0 aliphatic heterocycles. The van der Waals surface area contributed by atoms with Gasteiger partial charge in [0.2, 0.25) is 5.88 Å². The van der Waals surface area contributed by atoms with Crippen LogP contribution in [0.4, 0.5) is 11.5 Å². The van der Waals surface area contributed by atoms with Crippen LogP contribution in [0.1, 0.15) is 26.4 Å². The van der Waals surface area contributed by atoms with Crippen LogP contribution in [0.15, 0.2) is 12.3 Å². The topological polar surface area (TPSA) is 138 Å². The fourth-order valence-corrected chi connectivity index (χ4v) is 2.07. The number of amides is 2. The second kappa shape index (κ2) is 5.72. The van der Waals surface area contributed by atoms with Gasteiger partial charge >= 0.3 is 0 Å². The van der Waals surface area contributed by atoms with Crippen molar-refractivity contribution in [2.75, 3.05) is 18.2 Å². The molecule has 22 heavy (non-hydrogen) atoms. The number of primary amides is 1. The van der Waals surface area contributed by atoms with Crippen LogP contribution in [-0.2, 0) is 7.05 Å². The lowest BCUT2D eigenvalue weighted by atomic mass is 10.2. The van der Waals surface area contributed by atoms with Crippen LogP contribution >= 0.6 is 0 Å². The van der Waals surface area contributed by atoms with Crippen molar-refractivity contribution in [1.82, 2.24) is 14.8 Å². The SMILES string of the molecule is COc1ncc(N)cc1C(=O)Nc1c(C(N)=O)c(C)nn1C. The minimum atomic E-state index is -0.682. The van der Waals surface area contributed by atoms with Crippen LogP contribution in [0.25, 0.3) is 0 Å². The van der Waals surface area contributed by atoms with E-state index < -0.39 is 11.8 Å². The van der Waals surface area contributed by atoms with Crippen LogP contribution in [0.5, 0.6) is 5.88 Å². The van der Waals surface area contributed by atoms with E-state index in [1.807, 2.05) is 0 Å². The quantitative estimate of drug-likeness (QED) is 0.730. The Balaban J connectivity index is 2.42. The molecule has 9 heteroatoms. The lowest BCUT2D eigenvalue weighted by Gasteiger charge is -2.10. The van der Waals surface area contributed by atoms with Crippen molar-refractivity contribution in [2.24, 2.45) is 12.8 Å². The third-order valence-corrected chi connectivity index (χ3v) is 3.01. The van der Waals surface area contributed by atoms with E-state index in [-0.39, 0.29) is 22.8 Å². The third-order valence-electron chi connectivity index (χ3n) is 3.01. The van der Waals surface area contributed by atoms with Crippen LogP contribution < -0.4 is 21.5 Å². The number of aryl methyl sites for hydroxylation is 2. The summed E-state index contributed by atoms with van der Waals surface area (Å²) in [6.45, 7) is 1.62.